The van der Waals surface area contributed by atoms with E-state index in [1.54, 1.807) is 6.92 Å². The Balaban J connectivity index is 1.42. The molecule has 35 heavy (non-hydrogen) atoms. The van der Waals surface area contributed by atoms with E-state index in [1.807, 2.05) is 72.8 Å². The van der Waals surface area contributed by atoms with Crippen LogP contribution in [0.2, 0.25) is 0 Å². The van der Waals surface area contributed by atoms with Crippen LogP contribution in [0.3, 0.4) is 0 Å². The van der Waals surface area contributed by atoms with Crippen LogP contribution in [0.25, 0.3) is 10.8 Å². The number of ether oxygens (including phenoxy) is 1. The first-order valence-electron chi connectivity index (χ1n) is 11.6. The average Bonchev–Trinajstić information content (AvgIpc) is 2.86. The van der Waals surface area contributed by atoms with E-state index >= 15 is 0 Å². The lowest BCUT2D eigenvalue weighted by Crippen LogP contribution is -2.49. The maximum atomic E-state index is 13.0. The Morgan fingerprint density at radius 2 is 1.71 bits per heavy atom. The molecular weight excluding hydrogens is 457 g/mol. The van der Waals surface area contributed by atoms with E-state index in [-0.39, 0.29) is 31.5 Å². The molecule has 4 rings (SSSR count). The molecule has 0 bridgehead atoms. The predicted octanol–water partition coefficient (Wildman–Crippen LogP) is 5.82. The molecule has 0 saturated carbocycles. The van der Waals surface area contributed by atoms with Crippen molar-refractivity contribution in [3.05, 3.63) is 83.9 Å². The van der Waals surface area contributed by atoms with E-state index in [0.717, 1.165) is 26.8 Å². The van der Waals surface area contributed by atoms with Crippen LogP contribution in [0.5, 0.6) is 0 Å². The second-order valence-electron chi connectivity index (χ2n) is 8.81. The summed E-state index contributed by atoms with van der Waals surface area (Å²) in [6.45, 7) is 1.95. The number of hydrogen-bond acceptors (Lipinski definition) is 3. The van der Waals surface area contributed by atoms with Crippen LogP contribution >= 0.6 is 0 Å². The van der Waals surface area contributed by atoms with Gasteiger partial charge in [0.05, 0.1) is 0 Å². The Kier molecular flexibility index (Phi) is 7.28. The molecule has 3 atom stereocenters. The predicted molar refractivity (Wildman–Crippen MR) is 127 cm³/mol. The maximum absolute atomic E-state index is 13.0. The fourth-order valence-electron chi connectivity index (χ4n) is 4.77. The molecule has 2 amide bonds. The van der Waals surface area contributed by atoms with Gasteiger partial charge in [-0.1, -0.05) is 72.8 Å². The van der Waals surface area contributed by atoms with Crippen molar-refractivity contribution in [2.75, 3.05) is 19.6 Å². The van der Waals surface area contributed by atoms with Crippen molar-refractivity contribution in [2.24, 2.45) is 5.92 Å². The Hall–Kier alpha value is -3.55. The number of fused-ring (bicyclic) bond motifs is 1. The van der Waals surface area contributed by atoms with Crippen LogP contribution in [-0.2, 0) is 9.53 Å². The molecule has 184 valence electrons. The van der Waals surface area contributed by atoms with E-state index in [1.165, 1.54) is 0 Å². The van der Waals surface area contributed by atoms with Crippen molar-refractivity contribution < 1.29 is 27.5 Å². The Bertz CT molecular complexity index is 1180. The normalized spacial score (nSPS) is 19.3. The third kappa shape index (κ3) is 5.75. The summed E-state index contributed by atoms with van der Waals surface area (Å²) < 4.78 is 44.6. The number of carbonyl (C=O) groups excluding carboxylic acids is 2. The van der Waals surface area contributed by atoms with Crippen molar-refractivity contribution in [1.29, 1.82) is 0 Å². The van der Waals surface area contributed by atoms with E-state index in [2.05, 4.69) is 5.32 Å². The maximum Gasteiger partial charge on any atom is 0.471 e. The third-order valence-corrected chi connectivity index (χ3v) is 6.57. The lowest BCUT2D eigenvalue weighted by atomic mass is 9.80. The van der Waals surface area contributed by atoms with Gasteiger partial charge in [-0.15, -0.1) is 0 Å². The number of alkyl carbamates (subject to hydrolysis) is 1. The van der Waals surface area contributed by atoms with E-state index in [9.17, 15) is 22.8 Å². The molecule has 0 aromatic heterocycles. The molecule has 3 aromatic rings. The molecular formula is C27H27F3N2O3. The summed E-state index contributed by atoms with van der Waals surface area (Å²) in [6, 6.07) is 22.8. The topological polar surface area (TPSA) is 58.6 Å². The molecule has 3 aromatic carbocycles. The Morgan fingerprint density at radius 3 is 2.46 bits per heavy atom. The average molecular weight is 485 g/mol. The fourth-order valence-corrected chi connectivity index (χ4v) is 4.77. The highest BCUT2D eigenvalue weighted by Gasteiger charge is 2.45. The van der Waals surface area contributed by atoms with Crippen LogP contribution in [0.4, 0.5) is 18.0 Å². The highest BCUT2D eigenvalue weighted by Crippen LogP contribution is 2.34. The van der Waals surface area contributed by atoms with Crippen molar-refractivity contribution in [3.63, 3.8) is 0 Å². The van der Waals surface area contributed by atoms with Crippen LogP contribution < -0.4 is 5.32 Å². The quantitative estimate of drug-likeness (QED) is 0.496. The summed E-state index contributed by atoms with van der Waals surface area (Å²) in [6.07, 6.45) is -5.66. The summed E-state index contributed by atoms with van der Waals surface area (Å²) in [5, 5.41) is 4.84. The van der Waals surface area contributed by atoms with Gasteiger partial charge in [0, 0.05) is 31.1 Å². The highest BCUT2D eigenvalue weighted by atomic mass is 19.4. The van der Waals surface area contributed by atoms with Crippen LogP contribution in [0, 0.1) is 5.92 Å². The molecule has 8 heteroatoms. The lowest BCUT2D eigenvalue weighted by molar-refractivity contribution is -0.187. The number of amides is 2. The van der Waals surface area contributed by atoms with Gasteiger partial charge in [0.1, 0.15) is 6.10 Å². The van der Waals surface area contributed by atoms with Crippen molar-refractivity contribution in [2.45, 2.75) is 31.5 Å². The molecule has 0 spiro atoms. The van der Waals surface area contributed by atoms with Gasteiger partial charge in [0.2, 0.25) is 0 Å². The minimum absolute atomic E-state index is 0.0184. The Labute approximate surface area is 201 Å². The number of rotatable bonds is 5. The van der Waals surface area contributed by atoms with Gasteiger partial charge >= 0.3 is 18.2 Å². The zero-order valence-corrected chi connectivity index (χ0v) is 19.3. The van der Waals surface area contributed by atoms with E-state index < -0.39 is 24.3 Å². The summed E-state index contributed by atoms with van der Waals surface area (Å²) in [7, 11) is 0. The largest absolute Gasteiger partial charge is 0.471 e. The van der Waals surface area contributed by atoms with Gasteiger partial charge in [-0.25, -0.2) is 4.79 Å². The molecule has 1 saturated heterocycles. The number of nitrogens with one attached hydrogen (secondary N) is 1. The van der Waals surface area contributed by atoms with Gasteiger partial charge in [-0.2, -0.15) is 13.2 Å². The minimum Gasteiger partial charge on any atom is -0.442 e. The smallest absolute Gasteiger partial charge is 0.442 e. The molecule has 0 aliphatic carbocycles. The van der Waals surface area contributed by atoms with Gasteiger partial charge in [-0.05, 0) is 35.6 Å². The third-order valence-electron chi connectivity index (χ3n) is 6.57. The molecule has 5 nitrogen and oxygen atoms in total. The second kappa shape index (κ2) is 10.4. The molecule has 1 heterocycles. The SMILES string of the molecule is C[C@@H](OC(=O)NCC1CCN(C(=O)C(F)(F)F)CC1c1ccccc1)c1cccc2ccccc12. The molecule has 2 unspecified atom stereocenters. The summed E-state index contributed by atoms with van der Waals surface area (Å²) in [5.74, 6) is -2.31. The highest BCUT2D eigenvalue weighted by molar-refractivity contribution is 5.86. The van der Waals surface area contributed by atoms with E-state index in [4.69, 9.17) is 4.74 Å². The number of likely N-dealkylation sites (tertiary alicyclic amines) is 1. The first-order chi connectivity index (χ1) is 16.7. The zero-order chi connectivity index (χ0) is 25.0. The van der Waals surface area contributed by atoms with Gasteiger partial charge < -0.3 is 15.0 Å². The number of benzene rings is 3. The number of halogens is 3. The molecule has 1 aliphatic rings. The van der Waals surface area contributed by atoms with Gasteiger partial charge in [0.25, 0.3) is 0 Å². The zero-order valence-electron chi connectivity index (χ0n) is 19.3. The molecule has 1 N–H and O–H groups in total. The Morgan fingerprint density at radius 1 is 1.03 bits per heavy atom. The van der Waals surface area contributed by atoms with Crippen molar-refractivity contribution in [1.82, 2.24) is 10.2 Å². The molecule has 1 fully saturated rings. The summed E-state index contributed by atoms with van der Waals surface area (Å²) >= 11 is 0. The first-order valence-corrected chi connectivity index (χ1v) is 11.6. The van der Waals surface area contributed by atoms with E-state index in [0.29, 0.717) is 6.42 Å². The number of alkyl halides is 3. The number of hydrogen-bond donors (Lipinski definition) is 1. The van der Waals surface area contributed by atoms with Gasteiger partial charge in [-0.3, -0.25) is 4.79 Å². The van der Waals surface area contributed by atoms with Crippen molar-refractivity contribution >= 4 is 22.8 Å². The standard InChI is InChI=1S/C27H27F3N2O3/c1-18(22-13-7-11-19-10-5-6-12-23(19)22)35-26(34)31-16-21-14-15-32(25(33)27(28,29)30)17-24(21)20-8-3-2-4-9-20/h2-13,18,21,24H,14-17H2,1H3,(H,31,34)/t18-,21?,24?/m1/s1. The second-order valence-corrected chi connectivity index (χ2v) is 8.81. The monoisotopic (exact) mass is 484 g/mol. The van der Waals surface area contributed by atoms with Crippen LogP contribution in [-0.4, -0.2) is 42.7 Å². The van der Waals surface area contributed by atoms with Crippen LogP contribution in [0.15, 0.2) is 72.8 Å². The minimum atomic E-state index is -4.91. The number of nitrogens with zero attached hydrogens (tertiary/aromatic N) is 1. The van der Waals surface area contributed by atoms with Crippen LogP contribution in [0.1, 0.15) is 36.5 Å². The molecule has 1 aliphatic heterocycles. The summed E-state index contributed by atoms with van der Waals surface area (Å²) in [4.78, 5) is 25.3. The fraction of sp³-hybridized carbons (Fsp3) is 0.333. The number of piperidine rings is 1. The first kappa shape index (κ1) is 24.6. The van der Waals surface area contributed by atoms with Crippen molar-refractivity contribution in [3.8, 4) is 0 Å². The summed E-state index contributed by atoms with van der Waals surface area (Å²) in [5.41, 5.74) is 1.72. The lowest BCUT2D eigenvalue weighted by Gasteiger charge is -2.39. The number of carbonyl (C=O) groups is 2. The van der Waals surface area contributed by atoms with Gasteiger partial charge in [0.15, 0.2) is 0 Å². The molecule has 0 radical (unpaired) electrons.